The number of benzene rings is 1. The number of anilines is 1. The second kappa shape index (κ2) is 7.85. The van der Waals surface area contributed by atoms with E-state index in [-0.39, 0.29) is 18.1 Å². The molecule has 1 fully saturated rings. The predicted octanol–water partition coefficient (Wildman–Crippen LogP) is 1.62. The Morgan fingerprint density at radius 1 is 1.42 bits per heavy atom. The zero-order valence-corrected chi connectivity index (χ0v) is 15.2. The van der Waals surface area contributed by atoms with E-state index in [0.29, 0.717) is 13.1 Å². The van der Waals surface area contributed by atoms with Gasteiger partial charge in [0.05, 0.1) is 18.9 Å². The summed E-state index contributed by atoms with van der Waals surface area (Å²) in [7, 11) is -3.18. The molecule has 3 N–H and O–H groups in total. The number of nitrogens with zero attached hydrogens (tertiary/aromatic N) is 2. The van der Waals surface area contributed by atoms with Crippen molar-refractivity contribution in [2.75, 3.05) is 24.7 Å². The highest BCUT2D eigenvalue weighted by Gasteiger charge is 2.30. The first-order chi connectivity index (χ1) is 11.3. The van der Waals surface area contributed by atoms with Crippen LogP contribution in [0.1, 0.15) is 26.7 Å². The number of sulfonamides is 1. The predicted molar refractivity (Wildman–Crippen MR) is 96.9 cm³/mol. The van der Waals surface area contributed by atoms with Gasteiger partial charge in [0, 0.05) is 18.3 Å². The monoisotopic (exact) mass is 354 g/mol. The summed E-state index contributed by atoms with van der Waals surface area (Å²) in [6.07, 6.45) is 3.03. The summed E-state index contributed by atoms with van der Waals surface area (Å²) in [5, 5.41) is 3.00. The van der Waals surface area contributed by atoms with Crippen LogP contribution in [0.5, 0.6) is 5.75 Å². The summed E-state index contributed by atoms with van der Waals surface area (Å²) in [6.45, 7) is 4.86. The first-order valence-electron chi connectivity index (χ1n) is 8.06. The van der Waals surface area contributed by atoms with E-state index in [9.17, 15) is 8.42 Å². The number of ether oxygens (including phenoxy) is 1. The molecule has 7 nitrogen and oxygen atoms in total. The summed E-state index contributed by atoms with van der Waals surface area (Å²) in [5.41, 5.74) is 6.70. The Labute approximate surface area is 143 Å². The average molecular weight is 354 g/mol. The van der Waals surface area contributed by atoms with Crippen LogP contribution in [0.4, 0.5) is 5.69 Å². The molecule has 8 heteroatoms. The summed E-state index contributed by atoms with van der Waals surface area (Å²) in [6, 6.07) is 7.33. The number of nitrogens with two attached hydrogens (primary N) is 1. The van der Waals surface area contributed by atoms with Gasteiger partial charge in [-0.05, 0) is 51.0 Å². The van der Waals surface area contributed by atoms with Crippen LogP contribution in [0.25, 0.3) is 0 Å². The highest BCUT2D eigenvalue weighted by molar-refractivity contribution is 7.88. The maximum absolute atomic E-state index is 11.7. The van der Waals surface area contributed by atoms with E-state index in [1.165, 1.54) is 10.6 Å². The fourth-order valence-electron chi connectivity index (χ4n) is 2.71. The quantitative estimate of drug-likeness (QED) is 0.598. The van der Waals surface area contributed by atoms with Crippen LogP contribution < -0.4 is 15.8 Å². The van der Waals surface area contributed by atoms with Crippen LogP contribution in [0.15, 0.2) is 29.3 Å². The minimum Gasteiger partial charge on any atom is -0.491 e. The standard InChI is InChI=1S/C16H26N4O3S/c1-12(2)23-15-8-6-13(7-9-15)19-16(17)18-11-14-5-4-10-20(14)24(3,21)22/h6-9,12,14H,4-5,10-11H2,1-3H3,(H3,17,18,19)/t14-/m1/s1. The van der Waals surface area contributed by atoms with Crippen molar-refractivity contribution in [3.8, 4) is 5.75 Å². The molecule has 1 aromatic rings. The third-order valence-electron chi connectivity index (χ3n) is 3.72. The number of rotatable bonds is 6. The van der Waals surface area contributed by atoms with Gasteiger partial charge in [0.25, 0.3) is 0 Å². The van der Waals surface area contributed by atoms with Crippen LogP contribution >= 0.6 is 0 Å². The summed E-state index contributed by atoms with van der Waals surface area (Å²) >= 11 is 0. The fraction of sp³-hybridized carbons (Fsp3) is 0.562. The normalized spacial score (nSPS) is 19.7. The van der Waals surface area contributed by atoms with E-state index in [1.807, 2.05) is 38.1 Å². The van der Waals surface area contributed by atoms with Crippen molar-refractivity contribution in [2.24, 2.45) is 10.7 Å². The Hall–Kier alpha value is -1.80. The fourth-order valence-corrected chi connectivity index (χ4v) is 3.88. The van der Waals surface area contributed by atoms with Crippen LogP contribution in [-0.4, -0.2) is 50.2 Å². The average Bonchev–Trinajstić information content (AvgIpc) is 2.95. The molecule has 2 rings (SSSR count). The van der Waals surface area contributed by atoms with Gasteiger partial charge in [0.15, 0.2) is 5.96 Å². The Balaban J connectivity index is 1.92. The molecule has 1 atom stereocenters. The molecule has 1 heterocycles. The molecule has 1 saturated heterocycles. The van der Waals surface area contributed by atoms with Gasteiger partial charge in [-0.15, -0.1) is 0 Å². The number of aliphatic imine (C=N–C) groups is 1. The van der Waals surface area contributed by atoms with E-state index >= 15 is 0 Å². The number of guanidine groups is 1. The van der Waals surface area contributed by atoms with E-state index in [1.54, 1.807) is 0 Å². The van der Waals surface area contributed by atoms with E-state index < -0.39 is 10.0 Å². The van der Waals surface area contributed by atoms with Gasteiger partial charge < -0.3 is 15.8 Å². The van der Waals surface area contributed by atoms with Crippen LogP contribution in [0.2, 0.25) is 0 Å². The molecule has 0 aromatic heterocycles. The minimum atomic E-state index is -3.18. The molecule has 0 radical (unpaired) electrons. The first-order valence-corrected chi connectivity index (χ1v) is 9.91. The lowest BCUT2D eigenvalue weighted by molar-refractivity contribution is 0.242. The third-order valence-corrected chi connectivity index (χ3v) is 5.05. The molecule has 0 spiro atoms. The van der Waals surface area contributed by atoms with Crippen molar-refractivity contribution in [2.45, 2.75) is 38.8 Å². The molecule has 1 aliphatic rings. The lowest BCUT2D eigenvalue weighted by Gasteiger charge is -2.20. The van der Waals surface area contributed by atoms with Crippen LogP contribution in [-0.2, 0) is 10.0 Å². The maximum atomic E-state index is 11.7. The minimum absolute atomic E-state index is 0.109. The van der Waals surface area contributed by atoms with Gasteiger partial charge in [-0.25, -0.2) is 8.42 Å². The molecular weight excluding hydrogens is 328 g/mol. The maximum Gasteiger partial charge on any atom is 0.211 e. The van der Waals surface area contributed by atoms with Crippen molar-refractivity contribution in [1.29, 1.82) is 0 Å². The third kappa shape index (κ3) is 5.38. The Morgan fingerprint density at radius 2 is 2.08 bits per heavy atom. The van der Waals surface area contributed by atoms with Gasteiger partial charge in [-0.2, -0.15) is 4.31 Å². The van der Waals surface area contributed by atoms with E-state index in [2.05, 4.69) is 10.3 Å². The lowest BCUT2D eigenvalue weighted by Crippen LogP contribution is -2.37. The van der Waals surface area contributed by atoms with Gasteiger partial charge in [0.2, 0.25) is 10.0 Å². The summed E-state index contributed by atoms with van der Waals surface area (Å²) in [4.78, 5) is 4.28. The Kier molecular flexibility index (Phi) is 6.06. The molecule has 0 amide bonds. The molecule has 1 aliphatic heterocycles. The second-order valence-electron chi connectivity index (χ2n) is 6.21. The molecule has 0 aliphatic carbocycles. The van der Waals surface area contributed by atoms with Crippen molar-refractivity contribution in [3.63, 3.8) is 0 Å². The number of nitrogens with one attached hydrogen (secondary N) is 1. The first kappa shape index (κ1) is 18.5. The smallest absolute Gasteiger partial charge is 0.211 e. The Morgan fingerprint density at radius 3 is 2.67 bits per heavy atom. The Bertz CT molecular complexity index is 671. The largest absolute Gasteiger partial charge is 0.491 e. The van der Waals surface area contributed by atoms with E-state index in [0.717, 1.165) is 24.3 Å². The van der Waals surface area contributed by atoms with Crippen LogP contribution in [0, 0.1) is 0 Å². The van der Waals surface area contributed by atoms with Gasteiger partial charge in [0.1, 0.15) is 5.75 Å². The highest BCUT2D eigenvalue weighted by Crippen LogP contribution is 2.20. The zero-order chi connectivity index (χ0) is 17.7. The number of hydrogen-bond donors (Lipinski definition) is 2. The van der Waals surface area contributed by atoms with Crippen molar-refractivity contribution < 1.29 is 13.2 Å². The molecule has 0 unspecified atom stereocenters. The van der Waals surface area contributed by atoms with Gasteiger partial charge in [-0.3, -0.25) is 4.99 Å². The lowest BCUT2D eigenvalue weighted by atomic mass is 10.2. The van der Waals surface area contributed by atoms with E-state index in [4.69, 9.17) is 10.5 Å². The summed E-state index contributed by atoms with van der Waals surface area (Å²) in [5.74, 6) is 1.06. The zero-order valence-electron chi connectivity index (χ0n) is 14.4. The molecule has 0 saturated carbocycles. The second-order valence-corrected chi connectivity index (χ2v) is 8.15. The van der Waals surface area contributed by atoms with Crippen molar-refractivity contribution >= 4 is 21.7 Å². The van der Waals surface area contributed by atoms with Gasteiger partial charge >= 0.3 is 0 Å². The SMILES string of the molecule is CC(C)Oc1ccc(NC(N)=NC[C@H]2CCCN2S(C)(=O)=O)cc1. The molecule has 0 bridgehead atoms. The molecule has 1 aromatic carbocycles. The number of hydrogen-bond acceptors (Lipinski definition) is 4. The highest BCUT2D eigenvalue weighted by atomic mass is 32.2. The molecule has 134 valence electrons. The summed E-state index contributed by atoms with van der Waals surface area (Å²) < 4.78 is 30.5. The van der Waals surface area contributed by atoms with Gasteiger partial charge in [-0.1, -0.05) is 0 Å². The van der Waals surface area contributed by atoms with Crippen LogP contribution in [0.3, 0.4) is 0 Å². The van der Waals surface area contributed by atoms with Crippen molar-refractivity contribution in [3.05, 3.63) is 24.3 Å². The molecular formula is C16H26N4O3S. The molecule has 24 heavy (non-hydrogen) atoms. The topological polar surface area (TPSA) is 97.0 Å². The van der Waals surface area contributed by atoms with Crippen molar-refractivity contribution in [1.82, 2.24) is 4.31 Å².